The van der Waals surface area contributed by atoms with Crippen LogP contribution in [0.25, 0.3) is 0 Å². The van der Waals surface area contributed by atoms with Gasteiger partial charge in [0.25, 0.3) is 10.1 Å². The molecule has 14 nitrogen and oxygen atoms in total. The van der Waals surface area contributed by atoms with Crippen molar-refractivity contribution in [2.45, 2.75) is 63.6 Å². The molecule has 0 aromatic heterocycles. The van der Waals surface area contributed by atoms with Gasteiger partial charge >= 0.3 is 12.2 Å². The third kappa shape index (κ3) is 11.6. The van der Waals surface area contributed by atoms with E-state index >= 15 is 0 Å². The quantitative estimate of drug-likeness (QED) is 0.166. The molecule has 0 saturated carbocycles. The maximum Gasteiger partial charge on any atom is 0.429 e. The molecule has 4 atom stereocenters. The van der Waals surface area contributed by atoms with Crippen LogP contribution < -0.4 is 5.43 Å². The second-order valence-corrected chi connectivity index (χ2v) is 12.0. The number of hydrogen-bond donors (Lipinski definition) is 2. The lowest BCUT2D eigenvalue weighted by Gasteiger charge is -2.32. The van der Waals surface area contributed by atoms with Gasteiger partial charge in [0.1, 0.15) is 32.2 Å². The van der Waals surface area contributed by atoms with Gasteiger partial charge in [0.15, 0.2) is 5.79 Å². The molecule has 3 rings (SSSR count). The predicted molar refractivity (Wildman–Crippen MR) is 155 cm³/mol. The lowest BCUT2D eigenvalue weighted by atomic mass is 10.0. The first kappa shape index (κ1) is 35.2. The molecule has 2 amide bonds. The summed E-state index contributed by atoms with van der Waals surface area (Å²) >= 11 is 0. The summed E-state index contributed by atoms with van der Waals surface area (Å²) in [6.45, 7) is 1.85. The van der Waals surface area contributed by atoms with E-state index in [2.05, 4.69) is 5.43 Å². The zero-order valence-corrected chi connectivity index (χ0v) is 25.9. The molecule has 244 valence electrons. The zero-order chi connectivity index (χ0) is 32.2. The number of methoxy groups -OCH3 is 1. The van der Waals surface area contributed by atoms with Crippen LogP contribution in [0.2, 0.25) is 0 Å². The van der Waals surface area contributed by atoms with E-state index in [0.29, 0.717) is 5.56 Å². The fraction of sp³-hybridized carbons (Fsp3) is 0.517. The van der Waals surface area contributed by atoms with Crippen LogP contribution in [0.3, 0.4) is 0 Å². The van der Waals surface area contributed by atoms with E-state index in [1.807, 2.05) is 12.1 Å². The standard InChI is InChI=1S/C29H40N2O12S/c1-29(2)42-24(26(43-29)25(40-20-37-3)19-41-44(4,35)36)15-23(16-32)31(28(34)39-18-22-13-9-6-10-14-22)30-27(33)38-17-21-11-7-5-8-12-21/h5-14,23-26,32H,15-20H2,1-4H3,(H,30,33)/t23-,24-,25+,26-/m0/s1. The van der Waals surface area contributed by atoms with Gasteiger partial charge in [-0.25, -0.2) is 20.0 Å². The lowest BCUT2D eigenvalue weighted by Crippen LogP contribution is -2.55. The molecule has 2 N–H and O–H groups in total. The Morgan fingerprint density at radius 3 is 2.14 bits per heavy atom. The van der Waals surface area contributed by atoms with Crippen LogP contribution in [-0.4, -0.2) is 94.2 Å². The lowest BCUT2D eigenvalue weighted by molar-refractivity contribution is -0.174. The number of hydrogen-bond acceptors (Lipinski definition) is 12. The topological polar surface area (TPSA) is 168 Å². The normalized spacial score (nSPS) is 19.1. The Labute approximate surface area is 257 Å². The monoisotopic (exact) mass is 640 g/mol. The van der Waals surface area contributed by atoms with E-state index in [4.69, 9.17) is 32.6 Å². The average Bonchev–Trinajstić information content (AvgIpc) is 3.30. The molecule has 44 heavy (non-hydrogen) atoms. The van der Waals surface area contributed by atoms with E-state index in [0.717, 1.165) is 16.8 Å². The SMILES string of the molecule is COCO[C@H](COS(C)(=O)=O)[C@H]1OC(C)(C)O[C@H]1C[C@@H](CO)N(NC(=O)OCc1ccccc1)C(=O)OCc1ccccc1. The van der Waals surface area contributed by atoms with E-state index in [9.17, 15) is 23.1 Å². The molecule has 1 saturated heterocycles. The number of aliphatic hydroxyl groups excluding tert-OH is 1. The number of nitrogens with zero attached hydrogens (tertiary/aromatic N) is 1. The molecule has 2 aromatic rings. The number of rotatable bonds is 15. The van der Waals surface area contributed by atoms with Crippen molar-refractivity contribution < 1.29 is 55.7 Å². The largest absolute Gasteiger partial charge is 0.443 e. The third-order valence-corrected chi connectivity index (χ3v) is 6.91. The molecule has 1 heterocycles. The minimum atomic E-state index is -3.83. The first-order valence-corrected chi connectivity index (χ1v) is 15.6. The predicted octanol–water partition coefficient (Wildman–Crippen LogP) is 2.70. The summed E-state index contributed by atoms with van der Waals surface area (Å²) in [5.41, 5.74) is 3.80. The van der Waals surface area contributed by atoms with Gasteiger partial charge in [-0.2, -0.15) is 8.42 Å². The minimum Gasteiger partial charge on any atom is -0.443 e. The second kappa shape index (κ2) is 16.7. The number of carbonyl (C=O) groups excluding carboxylic acids is 2. The number of amides is 2. The van der Waals surface area contributed by atoms with E-state index in [1.54, 1.807) is 62.4 Å². The Morgan fingerprint density at radius 1 is 1.00 bits per heavy atom. The van der Waals surface area contributed by atoms with Crippen LogP contribution in [0.5, 0.6) is 0 Å². The van der Waals surface area contributed by atoms with Crippen molar-refractivity contribution in [3.63, 3.8) is 0 Å². The van der Waals surface area contributed by atoms with Crippen LogP contribution in [0.1, 0.15) is 31.4 Å². The van der Waals surface area contributed by atoms with E-state index < -0.39 is 65.7 Å². The summed E-state index contributed by atoms with van der Waals surface area (Å²) in [5, 5.41) is 11.3. The molecular weight excluding hydrogens is 600 g/mol. The number of ether oxygens (including phenoxy) is 6. The van der Waals surface area contributed by atoms with Gasteiger partial charge in [0.2, 0.25) is 0 Å². The van der Waals surface area contributed by atoms with Gasteiger partial charge in [-0.15, -0.1) is 0 Å². The fourth-order valence-corrected chi connectivity index (χ4v) is 4.78. The maximum atomic E-state index is 13.3. The smallest absolute Gasteiger partial charge is 0.429 e. The Kier molecular flexibility index (Phi) is 13.3. The molecular formula is C29H40N2O12S. The van der Waals surface area contributed by atoms with Gasteiger partial charge in [0, 0.05) is 13.5 Å². The fourth-order valence-electron chi connectivity index (χ4n) is 4.40. The number of benzene rings is 2. The van der Waals surface area contributed by atoms with Crippen LogP contribution in [0.4, 0.5) is 9.59 Å². The van der Waals surface area contributed by atoms with Gasteiger partial charge in [-0.1, -0.05) is 60.7 Å². The first-order valence-electron chi connectivity index (χ1n) is 13.8. The number of hydrazine groups is 1. The summed E-state index contributed by atoms with van der Waals surface area (Å²) < 4.78 is 61.9. The third-order valence-electron chi connectivity index (χ3n) is 6.34. The first-order chi connectivity index (χ1) is 20.9. The molecule has 1 aliphatic heterocycles. The minimum absolute atomic E-state index is 0.0714. The summed E-state index contributed by atoms with van der Waals surface area (Å²) in [6, 6.07) is 16.7. The van der Waals surface area contributed by atoms with Crippen molar-refractivity contribution in [1.82, 2.24) is 10.4 Å². The van der Waals surface area contributed by atoms with Gasteiger partial charge < -0.3 is 33.5 Å². The molecule has 0 unspecified atom stereocenters. The Bertz CT molecular complexity index is 1280. The summed E-state index contributed by atoms with van der Waals surface area (Å²) in [4.78, 5) is 26.1. The molecule has 1 fully saturated rings. The molecule has 0 spiro atoms. The number of aliphatic hydroxyl groups is 1. The van der Waals surface area contributed by atoms with Crippen LogP contribution in [-0.2, 0) is 55.9 Å². The van der Waals surface area contributed by atoms with Crippen molar-refractivity contribution in [3.05, 3.63) is 71.8 Å². The molecule has 2 aromatic carbocycles. The van der Waals surface area contributed by atoms with Crippen molar-refractivity contribution in [2.75, 3.05) is 33.4 Å². The Balaban J connectivity index is 1.81. The maximum absolute atomic E-state index is 13.3. The zero-order valence-electron chi connectivity index (χ0n) is 25.1. The molecule has 0 aliphatic carbocycles. The van der Waals surface area contributed by atoms with E-state index in [-0.39, 0.29) is 26.4 Å². The number of carbonyl (C=O) groups is 2. The van der Waals surface area contributed by atoms with Crippen molar-refractivity contribution in [1.29, 1.82) is 0 Å². The highest BCUT2D eigenvalue weighted by Crippen LogP contribution is 2.34. The second-order valence-electron chi connectivity index (χ2n) is 10.4. The van der Waals surface area contributed by atoms with Crippen molar-refractivity contribution >= 4 is 22.3 Å². The van der Waals surface area contributed by atoms with Gasteiger partial charge in [-0.05, 0) is 25.0 Å². The highest BCUT2D eigenvalue weighted by molar-refractivity contribution is 7.85. The highest BCUT2D eigenvalue weighted by atomic mass is 32.2. The molecule has 0 radical (unpaired) electrons. The number of nitrogens with one attached hydrogen (secondary N) is 1. The Morgan fingerprint density at radius 2 is 1.59 bits per heavy atom. The van der Waals surface area contributed by atoms with Crippen molar-refractivity contribution in [2.24, 2.45) is 0 Å². The Hall–Kier alpha value is -3.31. The average molecular weight is 641 g/mol. The highest BCUT2D eigenvalue weighted by Gasteiger charge is 2.48. The molecule has 15 heteroatoms. The van der Waals surface area contributed by atoms with Crippen LogP contribution in [0, 0.1) is 0 Å². The van der Waals surface area contributed by atoms with Crippen LogP contribution >= 0.6 is 0 Å². The van der Waals surface area contributed by atoms with Crippen molar-refractivity contribution in [3.8, 4) is 0 Å². The molecule has 1 aliphatic rings. The summed E-state index contributed by atoms with van der Waals surface area (Å²) in [7, 11) is -2.43. The molecule has 0 bridgehead atoms. The van der Waals surface area contributed by atoms with Gasteiger partial charge in [0.05, 0.1) is 31.6 Å². The van der Waals surface area contributed by atoms with Crippen LogP contribution in [0.15, 0.2) is 60.7 Å². The summed E-state index contributed by atoms with van der Waals surface area (Å²) in [5.74, 6) is -1.16. The van der Waals surface area contributed by atoms with Gasteiger partial charge in [-0.3, -0.25) is 4.18 Å². The summed E-state index contributed by atoms with van der Waals surface area (Å²) in [6.07, 6.45) is -3.92. The van der Waals surface area contributed by atoms with E-state index in [1.165, 1.54) is 7.11 Å².